The fraction of sp³-hybridized carbons (Fsp3) is 0.571. The minimum Gasteiger partial charge on any atom is -0.399 e. The van der Waals surface area contributed by atoms with Crippen molar-refractivity contribution < 1.29 is 0 Å². The molecule has 15 heavy (non-hydrogen) atoms. The number of rotatable bonds is 2. The van der Waals surface area contributed by atoms with E-state index < -0.39 is 0 Å². The molecule has 82 valence electrons. The number of anilines is 1. The van der Waals surface area contributed by atoms with Gasteiger partial charge in [0.1, 0.15) is 0 Å². The zero-order chi connectivity index (χ0) is 10.7. The summed E-state index contributed by atoms with van der Waals surface area (Å²) in [5.74, 6) is 1.69. The highest BCUT2D eigenvalue weighted by Crippen LogP contribution is 2.37. The molecule has 1 aliphatic carbocycles. The predicted octanol–water partition coefficient (Wildman–Crippen LogP) is 3.95. The lowest BCUT2D eigenvalue weighted by Crippen LogP contribution is -2.13. The van der Waals surface area contributed by atoms with Crippen molar-refractivity contribution in [3.63, 3.8) is 0 Å². The Balaban J connectivity index is 2.09. The molecule has 0 saturated heterocycles. The molecule has 1 fully saturated rings. The maximum atomic E-state index is 5.83. The number of hydrogen-bond donors (Lipinski definition) is 1. The average Bonchev–Trinajstić information content (AvgIpc) is 2.29. The smallest absolute Gasteiger partial charge is 0.0316 e. The van der Waals surface area contributed by atoms with Gasteiger partial charge in [0.15, 0.2) is 0 Å². The molecule has 1 aromatic carbocycles. The van der Waals surface area contributed by atoms with Gasteiger partial charge >= 0.3 is 0 Å². The Bertz CT molecular complexity index is 319. The van der Waals surface area contributed by atoms with Gasteiger partial charge in [-0.25, -0.2) is 0 Å². The second kappa shape index (κ2) is 4.69. The molecule has 2 rings (SSSR count). The van der Waals surface area contributed by atoms with E-state index in [0.29, 0.717) is 0 Å². The quantitative estimate of drug-likeness (QED) is 0.723. The van der Waals surface area contributed by atoms with Crippen molar-refractivity contribution in [1.29, 1.82) is 0 Å². The Morgan fingerprint density at radius 1 is 1.33 bits per heavy atom. The SMILES string of the molecule is CC[C@@H]1CCC[C@@H](c2cccc(N)c2)C1. The van der Waals surface area contributed by atoms with E-state index in [0.717, 1.165) is 17.5 Å². The summed E-state index contributed by atoms with van der Waals surface area (Å²) in [6.07, 6.45) is 6.85. The van der Waals surface area contributed by atoms with Crippen LogP contribution >= 0.6 is 0 Å². The third kappa shape index (κ3) is 2.53. The topological polar surface area (TPSA) is 26.0 Å². The second-order valence-corrected chi connectivity index (χ2v) is 4.81. The van der Waals surface area contributed by atoms with Gasteiger partial charge in [-0.3, -0.25) is 0 Å². The van der Waals surface area contributed by atoms with Crippen LogP contribution in [0.2, 0.25) is 0 Å². The van der Waals surface area contributed by atoms with Crippen LogP contribution in [0, 0.1) is 5.92 Å². The summed E-state index contributed by atoms with van der Waals surface area (Å²) >= 11 is 0. The summed E-state index contributed by atoms with van der Waals surface area (Å²) in [4.78, 5) is 0. The van der Waals surface area contributed by atoms with E-state index >= 15 is 0 Å². The Kier molecular flexibility index (Phi) is 3.30. The van der Waals surface area contributed by atoms with Gasteiger partial charge in [-0.1, -0.05) is 38.3 Å². The first-order valence-electron chi connectivity index (χ1n) is 6.15. The first-order chi connectivity index (χ1) is 7.29. The highest BCUT2D eigenvalue weighted by molar-refractivity contribution is 5.41. The van der Waals surface area contributed by atoms with E-state index in [2.05, 4.69) is 25.1 Å². The van der Waals surface area contributed by atoms with Gasteiger partial charge in [-0.15, -0.1) is 0 Å². The van der Waals surface area contributed by atoms with Crippen LogP contribution in [0.1, 0.15) is 50.5 Å². The van der Waals surface area contributed by atoms with Crippen LogP contribution in [0.5, 0.6) is 0 Å². The molecular weight excluding hydrogens is 182 g/mol. The Morgan fingerprint density at radius 2 is 2.20 bits per heavy atom. The van der Waals surface area contributed by atoms with Gasteiger partial charge in [0.2, 0.25) is 0 Å². The van der Waals surface area contributed by atoms with Gasteiger partial charge in [-0.05, 0) is 42.4 Å². The van der Waals surface area contributed by atoms with Crippen molar-refractivity contribution in [3.05, 3.63) is 29.8 Å². The standard InChI is InChI=1S/C14H21N/c1-2-11-5-3-6-12(9-11)13-7-4-8-14(15)10-13/h4,7-8,10-12H,2-3,5-6,9,15H2,1H3/t11-,12-/m1/s1. The van der Waals surface area contributed by atoms with E-state index in [1.165, 1.54) is 37.7 Å². The number of benzene rings is 1. The molecule has 1 saturated carbocycles. The van der Waals surface area contributed by atoms with Crippen LogP contribution in [-0.2, 0) is 0 Å². The van der Waals surface area contributed by atoms with Crippen molar-refractivity contribution in [1.82, 2.24) is 0 Å². The molecule has 0 aliphatic heterocycles. The highest BCUT2D eigenvalue weighted by Gasteiger charge is 2.21. The minimum absolute atomic E-state index is 0.757. The van der Waals surface area contributed by atoms with Crippen LogP contribution in [0.3, 0.4) is 0 Å². The Morgan fingerprint density at radius 3 is 2.93 bits per heavy atom. The van der Waals surface area contributed by atoms with Crippen molar-refractivity contribution in [2.45, 2.75) is 44.9 Å². The molecule has 2 atom stereocenters. The summed E-state index contributed by atoms with van der Waals surface area (Å²) in [7, 11) is 0. The molecule has 1 aromatic rings. The summed E-state index contributed by atoms with van der Waals surface area (Å²) in [6.45, 7) is 2.31. The van der Waals surface area contributed by atoms with Crippen LogP contribution in [0.15, 0.2) is 24.3 Å². The van der Waals surface area contributed by atoms with Crippen molar-refractivity contribution in [2.24, 2.45) is 5.92 Å². The molecule has 2 N–H and O–H groups in total. The van der Waals surface area contributed by atoms with Crippen LogP contribution in [0.25, 0.3) is 0 Å². The number of nitrogens with two attached hydrogens (primary N) is 1. The Labute approximate surface area is 92.7 Å². The average molecular weight is 203 g/mol. The maximum Gasteiger partial charge on any atom is 0.0316 e. The van der Waals surface area contributed by atoms with Crippen LogP contribution < -0.4 is 5.73 Å². The lowest BCUT2D eigenvalue weighted by Gasteiger charge is -2.28. The number of nitrogen functional groups attached to an aromatic ring is 1. The molecular formula is C14H21N. The van der Waals surface area contributed by atoms with E-state index in [1.807, 2.05) is 6.07 Å². The first kappa shape index (κ1) is 10.5. The fourth-order valence-corrected chi connectivity index (χ4v) is 2.78. The third-order valence-corrected chi connectivity index (χ3v) is 3.74. The summed E-state index contributed by atoms with van der Waals surface area (Å²) in [5.41, 5.74) is 8.19. The second-order valence-electron chi connectivity index (χ2n) is 4.81. The lowest BCUT2D eigenvalue weighted by atomic mass is 9.77. The normalized spacial score (nSPS) is 26.5. The lowest BCUT2D eigenvalue weighted by molar-refractivity contribution is 0.314. The van der Waals surface area contributed by atoms with E-state index in [9.17, 15) is 0 Å². The molecule has 0 aromatic heterocycles. The van der Waals surface area contributed by atoms with E-state index in [4.69, 9.17) is 5.73 Å². The fourth-order valence-electron chi connectivity index (χ4n) is 2.78. The largest absolute Gasteiger partial charge is 0.399 e. The van der Waals surface area contributed by atoms with Crippen LogP contribution in [-0.4, -0.2) is 0 Å². The zero-order valence-electron chi connectivity index (χ0n) is 9.58. The number of hydrogen-bond acceptors (Lipinski definition) is 1. The van der Waals surface area contributed by atoms with Crippen molar-refractivity contribution in [2.75, 3.05) is 5.73 Å². The molecule has 0 amide bonds. The molecule has 0 heterocycles. The summed E-state index contributed by atoms with van der Waals surface area (Å²) in [6, 6.07) is 8.45. The van der Waals surface area contributed by atoms with Gasteiger partial charge in [0.25, 0.3) is 0 Å². The van der Waals surface area contributed by atoms with Crippen molar-refractivity contribution in [3.8, 4) is 0 Å². The van der Waals surface area contributed by atoms with Gasteiger partial charge in [0, 0.05) is 5.69 Å². The highest BCUT2D eigenvalue weighted by atomic mass is 14.5. The molecule has 1 heteroatoms. The van der Waals surface area contributed by atoms with E-state index in [1.54, 1.807) is 0 Å². The van der Waals surface area contributed by atoms with Crippen molar-refractivity contribution >= 4 is 5.69 Å². The van der Waals surface area contributed by atoms with Gasteiger partial charge in [-0.2, -0.15) is 0 Å². The molecule has 0 radical (unpaired) electrons. The Hall–Kier alpha value is -0.980. The monoisotopic (exact) mass is 203 g/mol. The molecule has 0 bridgehead atoms. The van der Waals surface area contributed by atoms with Gasteiger partial charge < -0.3 is 5.73 Å². The third-order valence-electron chi connectivity index (χ3n) is 3.74. The molecule has 0 spiro atoms. The van der Waals surface area contributed by atoms with Crippen LogP contribution in [0.4, 0.5) is 5.69 Å². The predicted molar refractivity (Wildman–Crippen MR) is 65.8 cm³/mol. The molecule has 0 unspecified atom stereocenters. The molecule has 1 nitrogen and oxygen atoms in total. The molecule has 1 aliphatic rings. The first-order valence-corrected chi connectivity index (χ1v) is 6.15. The van der Waals surface area contributed by atoms with Gasteiger partial charge in [0.05, 0.1) is 0 Å². The van der Waals surface area contributed by atoms with E-state index in [-0.39, 0.29) is 0 Å². The summed E-state index contributed by atoms with van der Waals surface area (Å²) in [5, 5.41) is 0. The zero-order valence-corrected chi connectivity index (χ0v) is 9.58. The maximum absolute atomic E-state index is 5.83. The summed E-state index contributed by atoms with van der Waals surface area (Å²) < 4.78 is 0. The minimum atomic E-state index is 0.757.